The normalized spacial score (nSPS) is 20.4. The Morgan fingerprint density at radius 3 is 2.90 bits per heavy atom. The van der Waals surface area contributed by atoms with Crippen LogP contribution in [-0.4, -0.2) is 52.0 Å². The van der Waals surface area contributed by atoms with Crippen LogP contribution in [0.25, 0.3) is 0 Å². The number of guanidine groups is 1. The molecule has 120 valence electrons. The first-order chi connectivity index (χ1) is 9.26. The Balaban J connectivity index is 0.00000361. The van der Waals surface area contributed by atoms with Gasteiger partial charge in [0, 0.05) is 38.8 Å². The van der Waals surface area contributed by atoms with Crippen LogP contribution in [0.4, 0.5) is 0 Å². The predicted molar refractivity (Wildman–Crippen MR) is 94.0 cm³/mol. The molecule has 0 spiro atoms. The molecule has 1 fully saturated rings. The van der Waals surface area contributed by atoms with E-state index in [1.165, 1.54) is 0 Å². The molecule has 1 aliphatic rings. The van der Waals surface area contributed by atoms with E-state index in [1.54, 1.807) is 7.05 Å². The number of rotatable bonds is 8. The van der Waals surface area contributed by atoms with Gasteiger partial charge in [0.25, 0.3) is 0 Å². The highest BCUT2D eigenvalue weighted by Crippen LogP contribution is 2.12. The number of hydrogen-bond acceptors (Lipinski definition) is 3. The van der Waals surface area contributed by atoms with Crippen molar-refractivity contribution in [2.24, 2.45) is 10.9 Å². The lowest BCUT2D eigenvalue weighted by Crippen LogP contribution is -2.42. The first-order valence-corrected chi connectivity index (χ1v) is 7.39. The summed E-state index contributed by atoms with van der Waals surface area (Å²) >= 11 is 0. The molecular weight excluding hydrogens is 369 g/mol. The molecule has 2 N–H and O–H groups in total. The summed E-state index contributed by atoms with van der Waals surface area (Å²) in [5.41, 5.74) is 0. The molecule has 0 saturated carbocycles. The van der Waals surface area contributed by atoms with Crippen molar-refractivity contribution < 1.29 is 9.47 Å². The molecule has 0 aromatic rings. The molecule has 0 aromatic heterocycles. The molecule has 1 aliphatic heterocycles. The summed E-state index contributed by atoms with van der Waals surface area (Å²) in [4.78, 5) is 4.19. The Morgan fingerprint density at radius 1 is 1.50 bits per heavy atom. The fourth-order valence-corrected chi connectivity index (χ4v) is 1.88. The lowest BCUT2D eigenvalue weighted by molar-refractivity contribution is 0.0888. The monoisotopic (exact) mass is 399 g/mol. The molecule has 0 bridgehead atoms. The lowest BCUT2D eigenvalue weighted by atomic mass is 10.1. The Hall–Kier alpha value is -0.0800. The van der Waals surface area contributed by atoms with Crippen molar-refractivity contribution in [1.29, 1.82) is 0 Å². The summed E-state index contributed by atoms with van der Waals surface area (Å²) in [6.45, 7) is 8.59. The van der Waals surface area contributed by atoms with Crippen LogP contribution >= 0.6 is 24.0 Å². The van der Waals surface area contributed by atoms with E-state index in [9.17, 15) is 0 Å². The van der Waals surface area contributed by atoms with Gasteiger partial charge < -0.3 is 20.1 Å². The Bertz CT molecular complexity index is 259. The van der Waals surface area contributed by atoms with E-state index in [0.717, 1.165) is 58.2 Å². The van der Waals surface area contributed by atoms with E-state index >= 15 is 0 Å². The van der Waals surface area contributed by atoms with Gasteiger partial charge in [-0.25, -0.2) is 0 Å². The highest BCUT2D eigenvalue weighted by atomic mass is 127. The third kappa shape index (κ3) is 8.97. The minimum atomic E-state index is 0. The third-order valence-corrected chi connectivity index (χ3v) is 3.35. The fourth-order valence-electron chi connectivity index (χ4n) is 1.88. The van der Waals surface area contributed by atoms with E-state index < -0.39 is 0 Å². The quantitative estimate of drug-likeness (QED) is 0.284. The zero-order chi connectivity index (χ0) is 13.9. The van der Waals surface area contributed by atoms with Gasteiger partial charge in [-0.1, -0.05) is 6.92 Å². The number of hydrogen-bond donors (Lipinski definition) is 2. The summed E-state index contributed by atoms with van der Waals surface area (Å²) in [7, 11) is 1.80. The number of aliphatic imine (C=N–C) groups is 1. The number of ether oxygens (including phenoxy) is 2. The van der Waals surface area contributed by atoms with Crippen molar-refractivity contribution in [2.75, 3.05) is 40.0 Å². The average molecular weight is 399 g/mol. The Kier molecular flexibility index (Phi) is 12.6. The predicted octanol–water partition coefficient (Wildman–Crippen LogP) is 2.01. The molecule has 5 nitrogen and oxygen atoms in total. The van der Waals surface area contributed by atoms with Crippen molar-refractivity contribution in [3.8, 4) is 0 Å². The third-order valence-electron chi connectivity index (χ3n) is 3.35. The van der Waals surface area contributed by atoms with E-state index in [4.69, 9.17) is 9.47 Å². The van der Waals surface area contributed by atoms with Crippen LogP contribution < -0.4 is 10.6 Å². The largest absolute Gasteiger partial charge is 0.381 e. The highest BCUT2D eigenvalue weighted by molar-refractivity contribution is 14.0. The zero-order valence-corrected chi connectivity index (χ0v) is 15.3. The molecule has 0 radical (unpaired) electrons. The zero-order valence-electron chi connectivity index (χ0n) is 13.0. The van der Waals surface area contributed by atoms with E-state index in [0.29, 0.717) is 12.0 Å². The van der Waals surface area contributed by atoms with Gasteiger partial charge in [0.05, 0.1) is 13.2 Å². The number of halogens is 1. The van der Waals surface area contributed by atoms with E-state index in [2.05, 4.69) is 29.5 Å². The Labute approximate surface area is 140 Å². The summed E-state index contributed by atoms with van der Waals surface area (Å²) in [5, 5.41) is 6.63. The van der Waals surface area contributed by atoms with Crippen molar-refractivity contribution in [2.45, 2.75) is 39.2 Å². The molecule has 2 atom stereocenters. The smallest absolute Gasteiger partial charge is 0.191 e. The second-order valence-electron chi connectivity index (χ2n) is 5.11. The minimum Gasteiger partial charge on any atom is -0.381 e. The first-order valence-electron chi connectivity index (χ1n) is 7.39. The lowest BCUT2D eigenvalue weighted by Gasteiger charge is -2.16. The van der Waals surface area contributed by atoms with Crippen molar-refractivity contribution in [3.05, 3.63) is 0 Å². The molecule has 6 heteroatoms. The van der Waals surface area contributed by atoms with Crippen molar-refractivity contribution in [3.63, 3.8) is 0 Å². The van der Waals surface area contributed by atoms with Crippen LogP contribution in [0, 0.1) is 5.92 Å². The van der Waals surface area contributed by atoms with Gasteiger partial charge in [0.1, 0.15) is 0 Å². The van der Waals surface area contributed by atoms with Crippen LogP contribution in [0.5, 0.6) is 0 Å². The SMILES string of the molecule is CCC(C)NC(=NC)NCCCOCC1CCOC1.I. The minimum absolute atomic E-state index is 0. The van der Waals surface area contributed by atoms with E-state index in [-0.39, 0.29) is 24.0 Å². The average Bonchev–Trinajstić information content (AvgIpc) is 2.94. The summed E-state index contributed by atoms with van der Waals surface area (Å²) in [5.74, 6) is 1.48. The second kappa shape index (κ2) is 12.6. The molecule has 1 heterocycles. The summed E-state index contributed by atoms with van der Waals surface area (Å²) in [6.07, 6.45) is 3.23. The van der Waals surface area contributed by atoms with Crippen LogP contribution in [0.1, 0.15) is 33.1 Å². The molecule has 1 rings (SSSR count). The molecule has 20 heavy (non-hydrogen) atoms. The van der Waals surface area contributed by atoms with Crippen molar-refractivity contribution in [1.82, 2.24) is 10.6 Å². The van der Waals surface area contributed by atoms with Gasteiger partial charge in [-0.15, -0.1) is 24.0 Å². The van der Waals surface area contributed by atoms with E-state index in [1.807, 2.05) is 0 Å². The van der Waals surface area contributed by atoms with Crippen LogP contribution in [0.3, 0.4) is 0 Å². The van der Waals surface area contributed by atoms with Gasteiger partial charge >= 0.3 is 0 Å². The topological polar surface area (TPSA) is 54.9 Å². The molecule has 1 saturated heterocycles. The molecule has 0 aliphatic carbocycles. The number of nitrogens with one attached hydrogen (secondary N) is 2. The first kappa shape index (κ1) is 19.9. The second-order valence-corrected chi connectivity index (χ2v) is 5.11. The van der Waals surface area contributed by atoms with Gasteiger partial charge in [0.15, 0.2) is 5.96 Å². The summed E-state index contributed by atoms with van der Waals surface area (Å²) in [6, 6.07) is 0.449. The van der Waals surface area contributed by atoms with Gasteiger partial charge in [-0.2, -0.15) is 0 Å². The van der Waals surface area contributed by atoms with Gasteiger partial charge in [-0.05, 0) is 26.2 Å². The maximum absolute atomic E-state index is 5.66. The Morgan fingerprint density at radius 2 is 2.30 bits per heavy atom. The van der Waals surface area contributed by atoms with Crippen LogP contribution in [-0.2, 0) is 9.47 Å². The molecular formula is C14H30IN3O2. The molecule has 0 aromatic carbocycles. The fraction of sp³-hybridized carbons (Fsp3) is 0.929. The van der Waals surface area contributed by atoms with Crippen LogP contribution in [0.15, 0.2) is 4.99 Å². The van der Waals surface area contributed by atoms with Gasteiger partial charge in [-0.3, -0.25) is 4.99 Å². The van der Waals surface area contributed by atoms with Crippen LogP contribution in [0.2, 0.25) is 0 Å². The molecule has 0 amide bonds. The molecule has 2 unspecified atom stereocenters. The van der Waals surface area contributed by atoms with Gasteiger partial charge in [0.2, 0.25) is 0 Å². The standard InChI is InChI=1S/C14H29N3O2.HI/c1-4-12(2)17-14(15-3)16-7-5-8-18-10-13-6-9-19-11-13;/h12-13H,4-11H2,1-3H3,(H2,15,16,17);1H. The number of nitrogens with zero attached hydrogens (tertiary/aromatic N) is 1. The maximum Gasteiger partial charge on any atom is 0.191 e. The van der Waals surface area contributed by atoms with Crippen molar-refractivity contribution >= 4 is 29.9 Å². The maximum atomic E-state index is 5.66. The highest BCUT2D eigenvalue weighted by Gasteiger charge is 2.15. The summed E-state index contributed by atoms with van der Waals surface area (Å²) < 4.78 is 11.0.